The van der Waals surface area contributed by atoms with Crippen molar-refractivity contribution in [3.63, 3.8) is 0 Å². The van der Waals surface area contributed by atoms with Gasteiger partial charge >= 0.3 is 0 Å². The fourth-order valence-corrected chi connectivity index (χ4v) is 2.20. The van der Waals surface area contributed by atoms with Crippen molar-refractivity contribution < 1.29 is 4.39 Å². The molecule has 1 aromatic carbocycles. The summed E-state index contributed by atoms with van der Waals surface area (Å²) in [5.41, 5.74) is 8.01. The summed E-state index contributed by atoms with van der Waals surface area (Å²) in [7, 11) is 3.88. The second-order valence-electron chi connectivity index (χ2n) is 5.05. The van der Waals surface area contributed by atoms with Gasteiger partial charge in [0.15, 0.2) is 0 Å². The summed E-state index contributed by atoms with van der Waals surface area (Å²) < 4.78 is 15.4. The van der Waals surface area contributed by atoms with Gasteiger partial charge in [-0.25, -0.2) is 4.39 Å². The van der Waals surface area contributed by atoms with Crippen molar-refractivity contribution in [3.05, 3.63) is 53.1 Å². The van der Waals surface area contributed by atoms with Crippen LogP contribution in [0.15, 0.2) is 30.6 Å². The molecule has 0 radical (unpaired) electrons. The summed E-state index contributed by atoms with van der Waals surface area (Å²) in [5, 5.41) is 4.14. The van der Waals surface area contributed by atoms with Crippen LogP contribution in [0.3, 0.4) is 0 Å². The third-order valence-corrected chi connectivity index (χ3v) is 2.96. The molecular weight excluding hydrogens is 267 g/mol. The molecule has 0 amide bonds. The van der Waals surface area contributed by atoms with Gasteiger partial charge in [-0.05, 0) is 30.8 Å². The molecule has 0 aliphatic carbocycles. The highest BCUT2D eigenvalue weighted by Crippen LogP contribution is 2.12. The second kappa shape index (κ2) is 7.02. The number of nitrogens with zero attached hydrogens (tertiary/aromatic N) is 3. The van der Waals surface area contributed by atoms with Gasteiger partial charge in [0.2, 0.25) is 0 Å². The van der Waals surface area contributed by atoms with Gasteiger partial charge < -0.3 is 5.73 Å². The lowest BCUT2D eigenvalue weighted by molar-refractivity contribution is 0.318. The highest BCUT2D eigenvalue weighted by molar-refractivity contribution is 5.38. The maximum atomic E-state index is 13.6. The van der Waals surface area contributed by atoms with E-state index in [0.29, 0.717) is 12.1 Å². The highest BCUT2D eigenvalue weighted by Gasteiger charge is 2.06. The van der Waals surface area contributed by atoms with Crippen molar-refractivity contribution in [2.45, 2.75) is 13.1 Å². The molecule has 0 spiro atoms. The smallest absolute Gasteiger partial charge is 0.124 e. The summed E-state index contributed by atoms with van der Waals surface area (Å²) in [6, 6.07) is 4.85. The molecule has 110 valence electrons. The monoisotopic (exact) mass is 286 g/mol. The summed E-state index contributed by atoms with van der Waals surface area (Å²) in [4.78, 5) is 2.10. The molecule has 2 N–H and O–H groups in total. The third-order valence-electron chi connectivity index (χ3n) is 2.96. The van der Waals surface area contributed by atoms with Crippen LogP contribution in [0, 0.1) is 17.7 Å². The molecule has 0 saturated carbocycles. The van der Waals surface area contributed by atoms with Crippen LogP contribution in [-0.4, -0.2) is 28.3 Å². The molecule has 0 bridgehead atoms. The lowest BCUT2D eigenvalue weighted by Gasteiger charge is -2.16. The van der Waals surface area contributed by atoms with E-state index in [9.17, 15) is 4.39 Å². The van der Waals surface area contributed by atoms with Crippen molar-refractivity contribution in [3.8, 4) is 11.8 Å². The zero-order valence-corrected chi connectivity index (χ0v) is 12.3. The molecule has 0 atom stereocenters. The van der Waals surface area contributed by atoms with E-state index in [1.165, 1.54) is 12.1 Å². The van der Waals surface area contributed by atoms with E-state index in [0.717, 1.165) is 17.7 Å². The maximum absolute atomic E-state index is 13.6. The van der Waals surface area contributed by atoms with Gasteiger partial charge in [0.1, 0.15) is 5.82 Å². The first kappa shape index (κ1) is 15.2. The molecule has 0 unspecified atom stereocenters. The fraction of sp³-hybridized carbons (Fsp3) is 0.312. The lowest BCUT2D eigenvalue weighted by atomic mass is 10.1. The van der Waals surface area contributed by atoms with Crippen LogP contribution in [0.5, 0.6) is 0 Å². The largest absolute Gasteiger partial charge is 0.320 e. The summed E-state index contributed by atoms with van der Waals surface area (Å²) >= 11 is 0. The number of rotatable bonds is 4. The zero-order chi connectivity index (χ0) is 15.2. The van der Waals surface area contributed by atoms with Crippen LogP contribution in [0.25, 0.3) is 0 Å². The number of nitrogens with two attached hydrogens (primary N) is 1. The molecule has 2 aromatic rings. The average Bonchev–Trinajstić information content (AvgIpc) is 2.80. The molecule has 0 fully saturated rings. The molecule has 2 rings (SSSR count). The Balaban J connectivity index is 2.06. The first-order valence-corrected chi connectivity index (χ1v) is 6.71. The van der Waals surface area contributed by atoms with Crippen LogP contribution in [-0.2, 0) is 20.1 Å². The van der Waals surface area contributed by atoms with Gasteiger partial charge in [-0.3, -0.25) is 9.58 Å². The Morgan fingerprint density at radius 1 is 1.29 bits per heavy atom. The molecule has 5 heteroatoms. The van der Waals surface area contributed by atoms with Crippen LogP contribution in [0.1, 0.15) is 16.7 Å². The zero-order valence-electron chi connectivity index (χ0n) is 12.3. The number of aryl methyl sites for hydroxylation is 1. The first-order valence-electron chi connectivity index (χ1n) is 6.71. The van der Waals surface area contributed by atoms with E-state index >= 15 is 0 Å². The van der Waals surface area contributed by atoms with Crippen molar-refractivity contribution in [2.75, 3.05) is 13.6 Å². The molecular formula is C16H19FN4. The number of benzene rings is 1. The van der Waals surface area contributed by atoms with E-state index in [2.05, 4.69) is 21.8 Å². The van der Waals surface area contributed by atoms with E-state index in [4.69, 9.17) is 5.73 Å². The number of aromatic nitrogens is 2. The normalized spacial score (nSPS) is 10.5. The molecule has 0 aliphatic heterocycles. The lowest BCUT2D eigenvalue weighted by Crippen LogP contribution is -2.17. The Labute approximate surface area is 124 Å². The molecule has 21 heavy (non-hydrogen) atoms. The molecule has 0 saturated heterocycles. The van der Waals surface area contributed by atoms with Gasteiger partial charge in [-0.1, -0.05) is 11.8 Å². The predicted molar refractivity (Wildman–Crippen MR) is 80.7 cm³/mol. The minimum absolute atomic E-state index is 0.271. The first-order chi connectivity index (χ1) is 10.1. The third kappa shape index (κ3) is 4.71. The van der Waals surface area contributed by atoms with Crippen LogP contribution in [0.2, 0.25) is 0 Å². The predicted octanol–water partition coefficient (Wildman–Crippen LogP) is 1.50. The second-order valence-corrected chi connectivity index (χ2v) is 5.05. The summed E-state index contributed by atoms with van der Waals surface area (Å²) in [5.74, 6) is 5.33. The number of hydrogen-bond acceptors (Lipinski definition) is 3. The molecule has 4 nitrogen and oxygen atoms in total. The number of halogens is 1. The van der Waals surface area contributed by atoms with Gasteiger partial charge in [0, 0.05) is 37.5 Å². The van der Waals surface area contributed by atoms with Crippen molar-refractivity contribution in [1.82, 2.24) is 14.7 Å². The average molecular weight is 286 g/mol. The fourth-order valence-electron chi connectivity index (χ4n) is 2.20. The molecule has 0 aliphatic rings. The van der Waals surface area contributed by atoms with Gasteiger partial charge in [-0.2, -0.15) is 5.10 Å². The maximum Gasteiger partial charge on any atom is 0.124 e. The Bertz CT molecular complexity index is 666. The minimum Gasteiger partial charge on any atom is -0.320 e. The van der Waals surface area contributed by atoms with Crippen molar-refractivity contribution in [1.29, 1.82) is 0 Å². The van der Waals surface area contributed by atoms with Crippen molar-refractivity contribution >= 4 is 0 Å². The van der Waals surface area contributed by atoms with E-state index in [1.807, 2.05) is 32.6 Å². The Kier molecular flexibility index (Phi) is 5.09. The standard InChI is InChI=1S/C16H19FN4/c1-20(11-15-9-19-21(2)12-15)10-14-6-13(4-3-5-18)7-16(17)8-14/h6-9,12H,5,10-11,18H2,1-2H3. The van der Waals surface area contributed by atoms with Gasteiger partial charge in [0.25, 0.3) is 0 Å². The van der Waals surface area contributed by atoms with Crippen LogP contribution < -0.4 is 5.73 Å². The molecule has 1 aromatic heterocycles. The van der Waals surface area contributed by atoms with E-state index in [-0.39, 0.29) is 12.4 Å². The Morgan fingerprint density at radius 2 is 2.05 bits per heavy atom. The minimum atomic E-state index is -0.274. The Morgan fingerprint density at radius 3 is 2.71 bits per heavy atom. The van der Waals surface area contributed by atoms with Gasteiger partial charge in [-0.15, -0.1) is 0 Å². The highest BCUT2D eigenvalue weighted by atomic mass is 19.1. The topological polar surface area (TPSA) is 47.1 Å². The number of hydrogen-bond donors (Lipinski definition) is 1. The Hall–Kier alpha value is -2.16. The van der Waals surface area contributed by atoms with E-state index < -0.39 is 0 Å². The SMILES string of the molecule is CN(Cc1cc(F)cc(C#CCN)c1)Cc1cnn(C)c1. The van der Waals surface area contributed by atoms with Crippen molar-refractivity contribution in [2.24, 2.45) is 12.8 Å². The quantitative estimate of drug-likeness (QED) is 0.867. The van der Waals surface area contributed by atoms with E-state index in [1.54, 1.807) is 4.68 Å². The summed E-state index contributed by atoms with van der Waals surface area (Å²) in [6.45, 7) is 1.67. The van der Waals surface area contributed by atoms with Crippen LogP contribution in [0.4, 0.5) is 4.39 Å². The molecule has 1 heterocycles. The van der Waals surface area contributed by atoms with Crippen LogP contribution >= 0.6 is 0 Å². The van der Waals surface area contributed by atoms with Gasteiger partial charge in [0.05, 0.1) is 12.7 Å². The summed E-state index contributed by atoms with van der Waals surface area (Å²) in [6.07, 6.45) is 3.81.